The Labute approximate surface area is 116 Å². The number of aromatic nitrogens is 1. The van der Waals surface area contributed by atoms with E-state index in [4.69, 9.17) is 5.73 Å². The molecule has 0 atom stereocenters. The summed E-state index contributed by atoms with van der Waals surface area (Å²) < 4.78 is 0. The third-order valence-corrected chi connectivity index (χ3v) is 3.24. The van der Waals surface area contributed by atoms with Gasteiger partial charge in [-0.1, -0.05) is 0 Å². The quantitative estimate of drug-likeness (QED) is 0.655. The smallest absolute Gasteiger partial charge is 0.352 e. The number of nitrogens with one attached hydrogen (secondary N) is 2. The molecule has 0 aliphatic carbocycles. The summed E-state index contributed by atoms with van der Waals surface area (Å²) in [6.07, 6.45) is 1.26. The van der Waals surface area contributed by atoms with Crippen LogP contribution in [0.5, 0.6) is 0 Å². The molecule has 0 spiro atoms. The summed E-state index contributed by atoms with van der Waals surface area (Å²) >= 11 is 0. The van der Waals surface area contributed by atoms with Gasteiger partial charge in [0.25, 0.3) is 5.91 Å². The van der Waals surface area contributed by atoms with Gasteiger partial charge in [-0.05, 0) is 43.1 Å². The summed E-state index contributed by atoms with van der Waals surface area (Å²) in [5.41, 5.74) is 7.57. The number of hydrogen-bond acceptors (Lipinski definition) is 3. The molecule has 0 bridgehead atoms. The van der Waals surface area contributed by atoms with E-state index in [1.807, 2.05) is 0 Å². The van der Waals surface area contributed by atoms with Gasteiger partial charge in [-0.2, -0.15) is 0 Å². The van der Waals surface area contributed by atoms with Crippen LogP contribution in [0.25, 0.3) is 10.9 Å². The highest BCUT2D eigenvalue weighted by molar-refractivity contribution is 6.02. The summed E-state index contributed by atoms with van der Waals surface area (Å²) in [5.74, 6) is -1.20. The first kappa shape index (κ1) is 14.1. The number of H-pyrrole nitrogens is 1. The molecule has 1 aromatic heterocycles. The zero-order valence-electron chi connectivity index (χ0n) is 11.2. The molecule has 20 heavy (non-hydrogen) atoms. The number of carbonyl (C=O) groups is 2. The van der Waals surface area contributed by atoms with Gasteiger partial charge in [0.15, 0.2) is 0 Å². The van der Waals surface area contributed by atoms with Crippen molar-refractivity contribution in [1.82, 2.24) is 10.3 Å². The Morgan fingerprint density at radius 1 is 1.40 bits per heavy atom. The molecular weight excluding hydrogens is 258 g/mol. The molecule has 1 aromatic carbocycles. The first-order valence-electron chi connectivity index (χ1n) is 6.38. The molecule has 2 rings (SSSR count). The number of carbonyl (C=O) groups excluding carboxylic acids is 1. The van der Waals surface area contributed by atoms with Crippen molar-refractivity contribution in [2.45, 2.75) is 12.8 Å². The van der Waals surface area contributed by atoms with Crippen LogP contribution in [0, 0.1) is 0 Å². The minimum atomic E-state index is -1.00. The van der Waals surface area contributed by atoms with Crippen LogP contribution in [0.4, 0.5) is 0 Å². The number of carboxylic acids is 1. The van der Waals surface area contributed by atoms with Gasteiger partial charge in [0.1, 0.15) is 5.69 Å². The average Bonchev–Trinajstić information content (AvgIpc) is 2.82. The maximum absolute atomic E-state index is 11.7. The lowest BCUT2D eigenvalue weighted by atomic mass is 10.0. The fraction of sp³-hybridized carbons (Fsp3) is 0.286. The van der Waals surface area contributed by atoms with Crippen molar-refractivity contribution in [3.63, 3.8) is 0 Å². The Bertz CT molecular complexity index is 661. The van der Waals surface area contributed by atoms with Crippen molar-refractivity contribution in [1.29, 1.82) is 0 Å². The molecule has 106 valence electrons. The van der Waals surface area contributed by atoms with Crippen molar-refractivity contribution in [3.8, 4) is 0 Å². The highest BCUT2D eigenvalue weighted by Crippen LogP contribution is 2.25. The van der Waals surface area contributed by atoms with Gasteiger partial charge in [-0.15, -0.1) is 0 Å². The summed E-state index contributed by atoms with van der Waals surface area (Å²) in [7, 11) is 1.56. The number of benzene rings is 1. The molecule has 0 fully saturated rings. The number of hydrogen-bond donors (Lipinski definition) is 4. The van der Waals surface area contributed by atoms with E-state index in [0.717, 1.165) is 5.39 Å². The van der Waals surface area contributed by atoms with Gasteiger partial charge in [-0.25, -0.2) is 4.79 Å². The number of amides is 1. The molecule has 0 aliphatic heterocycles. The number of rotatable bonds is 5. The van der Waals surface area contributed by atoms with Crippen molar-refractivity contribution in [2.75, 3.05) is 13.6 Å². The fourth-order valence-electron chi connectivity index (χ4n) is 2.25. The first-order chi connectivity index (χ1) is 9.58. The molecule has 2 aromatic rings. The topological polar surface area (TPSA) is 108 Å². The Hall–Kier alpha value is -2.34. The third-order valence-electron chi connectivity index (χ3n) is 3.24. The number of fused-ring (bicyclic) bond motifs is 1. The summed E-state index contributed by atoms with van der Waals surface area (Å²) in [5, 5.41) is 12.6. The molecule has 0 saturated heterocycles. The minimum absolute atomic E-state index is 0.169. The Balaban J connectivity index is 2.59. The summed E-state index contributed by atoms with van der Waals surface area (Å²) in [6.45, 7) is 0.487. The van der Waals surface area contributed by atoms with E-state index in [1.54, 1.807) is 25.2 Å². The van der Waals surface area contributed by atoms with E-state index < -0.39 is 5.97 Å². The van der Waals surface area contributed by atoms with Crippen molar-refractivity contribution < 1.29 is 14.7 Å². The van der Waals surface area contributed by atoms with Crippen LogP contribution in [0.2, 0.25) is 0 Å². The highest BCUT2D eigenvalue weighted by atomic mass is 16.4. The number of nitrogens with two attached hydrogens (primary N) is 1. The second-order valence-electron chi connectivity index (χ2n) is 4.52. The van der Waals surface area contributed by atoms with Crippen LogP contribution in [0.1, 0.15) is 32.8 Å². The largest absolute Gasteiger partial charge is 0.477 e. The summed E-state index contributed by atoms with van der Waals surface area (Å²) in [6, 6.07) is 5.09. The molecular formula is C14H17N3O3. The Morgan fingerprint density at radius 2 is 2.15 bits per heavy atom. The van der Waals surface area contributed by atoms with Gasteiger partial charge in [0, 0.05) is 23.5 Å². The van der Waals surface area contributed by atoms with Gasteiger partial charge < -0.3 is 21.1 Å². The average molecular weight is 275 g/mol. The second-order valence-corrected chi connectivity index (χ2v) is 4.52. The lowest BCUT2D eigenvalue weighted by Gasteiger charge is -2.02. The molecule has 5 N–H and O–H groups in total. The van der Waals surface area contributed by atoms with Crippen molar-refractivity contribution in [3.05, 3.63) is 35.0 Å². The standard InChI is InChI=1S/C14H17N3O3/c1-16-13(18)8-4-5-11-10(7-8)9(3-2-6-15)12(17-11)14(19)20/h4-5,7,17H,2-3,6,15H2,1H3,(H,16,18)(H,19,20). The monoisotopic (exact) mass is 275 g/mol. The maximum atomic E-state index is 11.7. The molecule has 0 unspecified atom stereocenters. The predicted octanol–water partition coefficient (Wildman–Crippen LogP) is 1.12. The number of aromatic carboxylic acids is 1. The fourth-order valence-corrected chi connectivity index (χ4v) is 2.25. The van der Waals surface area contributed by atoms with Gasteiger partial charge in [0.2, 0.25) is 0 Å². The van der Waals surface area contributed by atoms with Crippen molar-refractivity contribution >= 4 is 22.8 Å². The second kappa shape index (κ2) is 5.75. The zero-order chi connectivity index (χ0) is 14.7. The summed E-state index contributed by atoms with van der Waals surface area (Å²) in [4.78, 5) is 25.8. The molecule has 0 saturated carbocycles. The van der Waals surface area contributed by atoms with E-state index in [9.17, 15) is 14.7 Å². The molecule has 6 nitrogen and oxygen atoms in total. The normalized spacial score (nSPS) is 10.7. The van der Waals surface area contributed by atoms with Crippen LogP contribution in [-0.4, -0.2) is 35.6 Å². The Kier molecular flexibility index (Phi) is 4.05. The molecule has 6 heteroatoms. The lowest BCUT2D eigenvalue weighted by molar-refractivity contribution is 0.0690. The van der Waals surface area contributed by atoms with E-state index in [-0.39, 0.29) is 11.6 Å². The van der Waals surface area contributed by atoms with Gasteiger partial charge in [-0.3, -0.25) is 4.79 Å². The number of aromatic amines is 1. The molecule has 1 amide bonds. The first-order valence-corrected chi connectivity index (χ1v) is 6.38. The van der Waals surface area contributed by atoms with Crippen LogP contribution in [0.15, 0.2) is 18.2 Å². The minimum Gasteiger partial charge on any atom is -0.477 e. The number of aryl methyl sites for hydroxylation is 1. The zero-order valence-corrected chi connectivity index (χ0v) is 11.2. The van der Waals surface area contributed by atoms with Crippen LogP contribution in [0.3, 0.4) is 0 Å². The Morgan fingerprint density at radius 3 is 2.75 bits per heavy atom. The van der Waals surface area contributed by atoms with Crippen LogP contribution >= 0.6 is 0 Å². The predicted molar refractivity (Wildman–Crippen MR) is 76.0 cm³/mol. The van der Waals surface area contributed by atoms with Crippen molar-refractivity contribution in [2.24, 2.45) is 5.73 Å². The SMILES string of the molecule is CNC(=O)c1ccc2[nH]c(C(=O)O)c(CCCN)c2c1. The number of carboxylic acid groups (broad SMARTS) is 1. The van der Waals surface area contributed by atoms with E-state index in [1.165, 1.54) is 0 Å². The van der Waals surface area contributed by atoms with Crippen LogP contribution in [-0.2, 0) is 6.42 Å². The van der Waals surface area contributed by atoms with E-state index in [0.29, 0.717) is 36.0 Å². The highest BCUT2D eigenvalue weighted by Gasteiger charge is 2.17. The third kappa shape index (κ3) is 2.50. The molecule has 1 heterocycles. The van der Waals surface area contributed by atoms with E-state index >= 15 is 0 Å². The van der Waals surface area contributed by atoms with Gasteiger partial charge >= 0.3 is 5.97 Å². The maximum Gasteiger partial charge on any atom is 0.352 e. The molecule has 0 radical (unpaired) electrons. The molecule has 0 aliphatic rings. The van der Waals surface area contributed by atoms with Gasteiger partial charge in [0.05, 0.1) is 0 Å². The van der Waals surface area contributed by atoms with Crippen LogP contribution < -0.4 is 11.1 Å². The van der Waals surface area contributed by atoms with E-state index in [2.05, 4.69) is 10.3 Å². The lowest BCUT2D eigenvalue weighted by Crippen LogP contribution is -2.17.